The molecule has 100 valence electrons. The Balaban J connectivity index is 2.08. The fraction of sp³-hybridized carbons (Fsp3) is 0. The van der Waals surface area contributed by atoms with Crippen LogP contribution < -0.4 is 0 Å². The number of benzene rings is 1. The van der Waals surface area contributed by atoms with Crippen LogP contribution in [-0.2, 0) is 0 Å². The maximum Gasteiger partial charge on any atom is 0.103 e. The predicted molar refractivity (Wildman–Crippen MR) is 87.7 cm³/mol. The summed E-state index contributed by atoms with van der Waals surface area (Å²) in [7, 11) is 0. The molecule has 0 saturated carbocycles. The molecular formula is C17H11N3S. The van der Waals surface area contributed by atoms with Gasteiger partial charge in [-0.1, -0.05) is 36.5 Å². The molecule has 0 saturated heterocycles. The zero-order valence-electron chi connectivity index (χ0n) is 11.1. The molecule has 1 aromatic carbocycles. The zero-order valence-corrected chi connectivity index (χ0v) is 11.9. The van der Waals surface area contributed by atoms with Crippen molar-refractivity contribution in [2.75, 3.05) is 0 Å². The summed E-state index contributed by atoms with van der Waals surface area (Å²) in [4.78, 5) is 12.4. The molecule has 0 bridgehead atoms. The normalized spacial score (nSPS) is 11.0. The van der Waals surface area contributed by atoms with Crippen molar-refractivity contribution in [1.82, 2.24) is 15.0 Å². The molecule has 0 radical (unpaired) electrons. The van der Waals surface area contributed by atoms with Gasteiger partial charge in [0.25, 0.3) is 0 Å². The molecule has 0 aliphatic rings. The topological polar surface area (TPSA) is 41.6 Å². The van der Waals surface area contributed by atoms with Gasteiger partial charge in [-0.25, -0.2) is 4.98 Å². The second-order valence-corrected chi connectivity index (χ2v) is 5.28. The minimum absolute atomic E-state index is 0.708. The standard InChI is InChI=1S/C17H11N3S/c21-15-9-7-12-5-4-11-6-8-14(13-3-1-2-10-18-13)19-16(11)17(12)20-15/h1-10H,(H,20,21). The van der Waals surface area contributed by atoms with Gasteiger partial charge < -0.3 is 4.98 Å². The van der Waals surface area contributed by atoms with Crippen LogP contribution in [0.5, 0.6) is 0 Å². The SMILES string of the molecule is S=c1ccc2ccc3ccc(-c4ccccn4)nc3c2[nH]1. The fourth-order valence-electron chi connectivity index (χ4n) is 2.46. The summed E-state index contributed by atoms with van der Waals surface area (Å²) >= 11 is 5.23. The van der Waals surface area contributed by atoms with Gasteiger partial charge in [0.05, 0.1) is 22.4 Å². The number of hydrogen-bond acceptors (Lipinski definition) is 3. The second kappa shape index (κ2) is 4.75. The highest BCUT2D eigenvalue weighted by Crippen LogP contribution is 2.25. The number of H-pyrrole nitrogens is 1. The van der Waals surface area contributed by atoms with Gasteiger partial charge in [0, 0.05) is 17.0 Å². The van der Waals surface area contributed by atoms with Gasteiger partial charge in [0.15, 0.2) is 0 Å². The number of fused-ring (bicyclic) bond motifs is 3. The first-order chi connectivity index (χ1) is 10.3. The van der Waals surface area contributed by atoms with Crippen LogP contribution in [0.25, 0.3) is 33.2 Å². The third kappa shape index (κ3) is 2.10. The lowest BCUT2D eigenvalue weighted by molar-refractivity contribution is 1.27. The molecule has 0 spiro atoms. The maximum atomic E-state index is 5.23. The van der Waals surface area contributed by atoms with Crippen molar-refractivity contribution in [3.63, 3.8) is 0 Å². The van der Waals surface area contributed by atoms with Crippen molar-refractivity contribution in [2.45, 2.75) is 0 Å². The molecule has 0 aliphatic heterocycles. The lowest BCUT2D eigenvalue weighted by Gasteiger charge is -2.06. The molecular weight excluding hydrogens is 278 g/mol. The van der Waals surface area contributed by atoms with Crippen LogP contribution in [0, 0.1) is 4.64 Å². The summed E-state index contributed by atoms with van der Waals surface area (Å²) in [5.41, 5.74) is 3.62. The summed E-state index contributed by atoms with van der Waals surface area (Å²) in [5.74, 6) is 0. The number of pyridine rings is 3. The summed E-state index contributed by atoms with van der Waals surface area (Å²) < 4.78 is 0.708. The third-order valence-electron chi connectivity index (χ3n) is 3.48. The smallest absolute Gasteiger partial charge is 0.103 e. The Morgan fingerprint density at radius 2 is 1.62 bits per heavy atom. The van der Waals surface area contributed by atoms with E-state index in [1.165, 1.54) is 0 Å². The van der Waals surface area contributed by atoms with E-state index in [1.54, 1.807) is 6.20 Å². The van der Waals surface area contributed by atoms with Gasteiger partial charge in [0.1, 0.15) is 4.64 Å². The number of rotatable bonds is 1. The molecule has 0 unspecified atom stereocenters. The van der Waals surface area contributed by atoms with Crippen molar-refractivity contribution >= 4 is 34.0 Å². The Bertz CT molecular complexity index is 1010. The Kier molecular flexibility index (Phi) is 2.75. The number of aromatic amines is 1. The first-order valence-corrected chi connectivity index (χ1v) is 7.06. The summed E-state index contributed by atoms with van der Waals surface area (Å²) in [6.07, 6.45) is 1.78. The monoisotopic (exact) mass is 289 g/mol. The minimum Gasteiger partial charge on any atom is -0.344 e. The summed E-state index contributed by atoms with van der Waals surface area (Å²) in [6, 6.07) is 17.9. The van der Waals surface area contributed by atoms with E-state index in [4.69, 9.17) is 17.2 Å². The maximum absolute atomic E-state index is 5.23. The molecule has 4 rings (SSSR count). The number of aromatic nitrogens is 3. The molecule has 1 N–H and O–H groups in total. The van der Waals surface area contributed by atoms with Crippen molar-refractivity contribution in [2.24, 2.45) is 0 Å². The van der Waals surface area contributed by atoms with E-state index in [-0.39, 0.29) is 0 Å². The molecule has 3 heterocycles. The summed E-state index contributed by atoms with van der Waals surface area (Å²) in [5, 5.41) is 2.18. The van der Waals surface area contributed by atoms with Crippen LogP contribution in [0.4, 0.5) is 0 Å². The molecule has 4 heteroatoms. The fourth-order valence-corrected chi connectivity index (χ4v) is 2.63. The lowest BCUT2D eigenvalue weighted by Crippen LogP contribution is -1.90. The zero-order chi connectivity index (χ0) is 14.2. The van der Waals surface area contributed by atoms with E-state index in [2.05, 4.69) is 28.2 Å². The van der Waals surface area contributed by atoms with Gasteiger partial charge in [-0.15, -0.1) is 0 Å². The molecule has 0 fully saturated rings. The Morgan fingerprint density at radius 1 is 0.810 bits per heavy atom. The van der Waals surface area contributed by atoms with E-state index in [9.17, 15) is 0 Å². The van der Waals surface area contributed by atoms with Crippen molar-refractivity contribution in [3.8, 4) is 11.4 Å². The Morgan fingerprint density at radius 3 is 2.48 bits per heavy atom. The molecule has 4 aromatic rings. The molecule has 0 atom stereocenters. The van der Waals surface area contributed by atoms with E-state index in [1.807, 2.05) is 36.4 Å². The highest BCUT2D eigenvalue weighted by Gasteiger charge is 2.06. The molecule has 3 nitrogen and oxygen atoms in total. The molecule has 3 aromatic heterocycles. The van der Waals surface area contributed by atoms with Crippen LogP contribution in [0.3, 0.4) is 0 Å². The van der Waals surface area contributed by atoms with E-state index >= 15 is 0 Å². The average Bonchev–Trinajstić information content (AvgIpc) is 2.55. The van der Waals surface area contributed by atoms with Crippen molar-refractivity contribution in [1.29, 1.82) is 0 Å². The largest absolute Gasteiger partial charge is 0.344 e. The van der Waals surface area contributed by atoms with Crippen LogP contribution >= 0.6 is 12.2 Å². The second-order valence-electron chi connectivity index (χ2n) is 4.84. The number of nitrogens with one attached hydrogen (secondary N) is 1. The van der Waals surface area contributed by atoms with Gasteiger partial charge in [-0.05, 0) is 30.3 Å². The Hall–Kier alpha value is -2.59. The lowest BCUT2D eigenvalue weighted by atomic mass is 10.1. The van der Waals surface area contributed by atoms with Crippen LogP contribution in [0.1, 0.15) is 0 Å². The highest BCUT2D eigenvalue weighted by molar-refractivity contribution is 7.71. The van der Waals surface area contributed by atoms with Crippen LogP contribution in [0.15, 0.2) is 60.8 Å². The van der Waals surface area contributed by atoms with Crippen molar-refractivity contribution < 1.29 is 0 Å². The van der Waals surface area contributed by atoms with Gasteiger partial charge in [-0.2, -0.15) is 0 Å². The number of nitrogens with zero attached hydrogens (tertiary/aromatic N) is 2. The highest BCUT2D eigenvalue weighted by atomic mass is 32.1. The molecule has 0 amide bonds. The summed E-state index contributed by atoms with van der Waals surface area (Å²) in [6.45, 7) is 0. The average molecular weight is 289 g/mol. The molecule has 21 heavy (non-hydrogen) atoms. The van der Waals surface area contributed by atoms with E-state index in [0.717, 1.165) is 33.2 Å². The van der Waals surface area contributed by atoms with Crippen LogP contribution in [0.2, 0.25) is 0 Å². The van der Waals surface area contributed by atoms with Gasteiger partial charge in [-0.3, -0.25) is 4.98 Å². The van der Waals surface area contributed by atoms with E-state index in [0.29, 0.717) is 4.64 Å². The van der Waals surface area contributed by atoms with Crippen LogP contribution in [-0.4, -0.2) is 15.0 Å². The minimum atomic E-state index is 0.708. The van der Waals surface area contributed by atoms with E-state index < -0.39 is 0 Å². The quantitative estimate of drug-likeness (QED) is 0.414. The first kappa shape index (κ1) is 12.2. The van der Waals surface area contributed by atoms with Crippen molar-refractivity contribution in [3.05, 3.63) is 65.4 Å². The Labute approximate surface area is 126 Å². The van der Waals surface area contributed by atoms with Gasteiger partial charge >= 0.3 is 0 Å². The first-order valence-electron chi connectivity index (χ1n) is 6.65. The molecule has 0 aliphatic carbocycles. The number of hydrogen-bond donors (Lipinski definition) is 1. The van der Waals surface area contributed by atoms with Gasteiger partial charge in [0.2, 0.25) is 0 Å². The third-order valence-corrected chi connectivity index (χ3v) is 3.72. The predicted octanol–water partition coefficient (Wildman–Crippen LogP) is 4.51.